The molecule has 1 atom stereocenters. The molecule has 0 bridgehead atoms. The maximum Gasteiger partial charge on any atom is 0.251 e. The van der Waals surface area contributed by atoms with Crippen LogP contribution in [0.2, 0.25) is 0 Å². The van der Waals surface area contributed by atoms with Crippen molar-refractivity contribution in [2.75, 3.05) is 19.8 Å². The highest BCUT2D eigenvalue weighted by molar-refractivity contribution is 5.94. The van der Waals surface area contributed by atoms with Gasteiger partial charge in [-0.3, -0.25) is 4.79 Å². The third-order valence-electron chi connectivity index (χ3n) is 3.10. The molecule has 4 nitrogen and oxygen atoms in total. The molecule has 1 aliphatic rings. The van der Waals surface area contributed by atoms with Crippen molar-refractivity contribution in [2.24, 2.45) is 0 Å². The first-order valence-corrected chi connectivity index (χ1v) is 6.92. The Bertz CT molecular complexity index is 396. The summed E-state index contributed by atoms with van der Waals surface area (Å²) in [6.45, 7) is 4.16. The molecule has 1 fully saturated rings. The zero-order valence-corrected chi connectivity index (χ0v) is 11.4. The molecule has 1 saturated heterocycles. The summed E-state index contributed by atoms with van der Waals surface area (Å²) in [5, 5.41) is 2.90. The van der Waals surface area contributed by atoms with Crippen molar-refractivity contribution in [1.82, 2.24) is 5.32 Å². The minimum absolute atomic E-state index is 0.0578. The highest BCUT2D eigenvalue weighted by atomic mass is 16.5. The SMILES string of the molecule is CCCOc1ccc(C(=O)NC[C@H]2CCCO2)cc1. The lowest BCUT2D eigenvalue weighted by Crippen LogP contribution is -2.31. The van der Waals surface area contributed by atoms with Gasteiger partial charge in [0, 0.05) is 18.7 Å². The molecule has 19 heavy (non-hydrogen) atoms. The third-order valence-corrected chi connectivity index (χ3v) is 3.10. The van der Waals surface area contributed by atoms with Gasteiger partial charge in [-0.25, -0.2) is 0 Å². The van der Waals surface area contributed by atoms with E-state index < -0.39 is 0 Å². The van der Waals surface area contributed by atoms with Crippen molar-refractivity contribution < 1.29 is 14.3 Å². The van der Waals surface area contributed by atoms with Gasteiger partial charge in [0.2, 0.25) is 0 Å². The number of hydrogen-bond donors (Lipinski definition) is 1. The monoisotopic (exact) mass is 263 g/mol. The minimum Gasteiger partial charge on any atom is -0.494 e. The lowest BCUT2D eigenvalue weighted by atomic mass is 10.2. The zero-order valence-electron chi connectivity index (χ0n) is 11.4. The number of nitrogens with one attached hydrogen (secondary N) is 1. The summed E-state index contributed by atoms with van der Waals surface area (Å²) in [6.07, 6.45) is 3.27. The molecule has 1 aliphatic heterocycles. The van der Waals surface area contributed by atoms with E-state index in [1.54, 1.807) is 12.1 Å². The first-order chi connectivity index (χ1) is 9.29. The summed E-state index contributed by atoms with van der Waals surface area (Å²) < 4.78 is 10.9. The van der Waals surface area contributed by atoms with E-state index in [0.29, 0.717) is 18.7 Å². The summed E-state index contributed by atoms with van der Waals surface area (Å²) in [5.41, 5.74) is 0.654. The second-order valence-electron chi connectivity index (χ2n) is 4.72. The smallest absolute Gasteiger partial charge is 0.251 e. The van der Waals surface area contributed by atoms with Crippen molar-refractivity contribution >= 4 is 5.91 Å². The Balaban J connectivity index is 1.81. The van der Waals surface area contributed by atoms with Crippen LogP contribution in [0.3, 0.4) is 0 Å². The van der Waals surface area contributed by atoms with Crippen LogP contribution >= 0.6 is 0 Å². The fraction of sp³-hybridized carbons (Fsp3) is 0.533. The Labute approximate surface area is 114 Å². The summed E-state index contributed by atoms with van der Waals surface area (Å²) in [5.74, 6) is 0.745. The van der Waals surface area contributed by atoms with E-state index in [1.165, 1.54) is 0 Å². The molecule has 104 valence electrons. The molecule has 2 rings (SSSR count). The lowest BCUT2D eigenvalue weighted by Gasteiger charge is -2.11. The fourth-order valence-electron chi connectivity index (χ4n) is 2.04. The predicted octanol–water partition coefficient (Wildman–Crippen LogP) is 2.38. The lowest BCUT2D eigenvalue weighted by molar-refractivity contribution is 0.0857. The molecule has 1 aromatic carbocycles. The Hall–Kier alpha value is -1.55. The molecular weight excluding hydrogens is 242 g/mol. The van der Waals surface area contributed by atoms with Crippen molar-refractivity contribution in [3.05, 3.63) is 29.8 Å². The number of hydrogen-bond acceptors (Lipinski definition) is 3. The van der Waals surface area contributed by atoms with E-state index in [2.05, 4.69) is 12.2 Å². The van der Waals surface area contributed by atoms with Gasteiger partial charge in [0.05, 0.1) is 12.7 Å². The second-order valence-corrected chi connectivity index (χ2v) is 4.72. The molecule has 1 heterocycles. The van der Waals surface area contributed by atoms with Crippen LogP contribution < -0.4 is 10.1 Å². The van der Waals surface area contributed by atoms with Gasteiger partial charge in [-0.1, -0.05) is 6.92 Å². The fourth-order valence-corrected chi connectivity index (χ4v) is 2.04. The van der Waals surface area contributed by atoms with Crippen molar-refractivity contribution in [3.8, 4) is 5.75 Å². The number of rotatable bonds is 6. The summed E-state index contributed by atoms with van der Waals surface area (Å²) in [6, 6.07) is 7.24. The zero-order chi connectivity index (χ0) is 13.5. The maximum absolute atomic E-state index is 11.9. The number of carbonyl (C=O) groups excluding carboxylic acids is 1. The van der Waals surface area contributed by atoms with Crippen LogP contribution in [0, 0.1) is 0 Å². The van der Waals surface area contributed by atoms with E-state index >= 15 is 0 Å². The molecule has 0 aliphatic carbocycles. The maximum atomic E-state index is 11.9. The van der Waals surface area contributed by atoms with E-state index in [9.17, 15) is 4.79 Å². The van der Waals surface area contributed by atoms with Gasteiger partial charge < -0.3 is 14.8 Å². The number of carbonyl (C=O) groups is 1. The van der Waals surface area contributed by atoms with Gasteiger partial charge in [-0.2, -0.15) is 0 Å². The molecular formula is C15H21NO3. The minimum atomic E-state index is -0.0578. The molecule has 1 N–H and O–H groups in total. The summed E-state index contributed by atoms with van der Waals surface area (Å²) in [7, 11) is 0. The van der Waals surface area contributed by atoms with Gasteiger partial charge in [-0.15, -0.1) is 0 Å². The Morgan fingerprint density at radius 3 is 2.84 bits per heavy atom. The molecule has 1 amide bonds. The van der Waals surface area contributed by atoms with Crippen LogP contribution in [0.4, 0.5) is 0 Å². The number of ether oxygens (including phenoxy) is 2. The van der Waals surface area contributed by atoms with E-state index in [-0.39, 0.29) is 12.0 Å². The third kappa shape index (κ3) is 4.24. The molecule has 0 spiro atoms. The van der Waals surface area contributed by atoms with Crippen LogP contribution in [0.15, 0.2) is 24.3 Å². The van der Waals surface area contributed by atoms with Crippen molar-refractivity contribution in [3.63, 3.8) is 0 Å². The average Bonchev–Trinajstić information content (AvgIpc) is 2.96. The van der Waals surface area contributed by atoms with E-state index in [0.717, 1.165) is 31.6 Å². The van der Waals surface area contributed by atoms with Crippen molar-refractivity contribution in [2.45, 2.75) is 32.3 Å². The van der Waals surface area contributed by atoms with Crippen LogP contribution in [0.1, 0.15) is 36.5 Å². The highest BCUT2D eigenvalue weighted by Crippen LogP contribution is 2.13. The molecule has 0 unspecified atom stereocenters. The normalized spacial score (nSPS) is 18.3. The van der Waals surface area contributed by atoms with Gasteiger partial charge in [0.25, 0.3) is 5.91 Å². The second kappa shape index (κ2) is 7.14. The van der Waals surface area contributed by atoms with Crippen LogP contribution in [0.5, 0.6) is 5.75 Å². The molecule has 1 aromatic rings. The average molecular weight is 263 g/mol. The van der Waals surface area contributed by atoms with E-state index in [4.69, 9.17) is 9.47 Å². The molecule has 4 heteroatoms. The van der Waals surface area contributed by atoms with Crippen LogP contribution in [0.25, 0.3) is 0 Å². The Kier molecular flexibility index (Phi) is 5.21. The molecule has 0 radical (unpaired) electrons. The van der Waals surface area contributed by atoms with Crippen LogP contribution in [-0.4, -0.2) is 31.8 Å². The largest absolute Gasteiger partial charge is 0.494 e. The first-order valence-electron chi connectivity index (χ1n) is 6.92. The van der Waals surface area contributed by atoms with Crippen LogP contribution in [-0.2, 0) is 4.74 Å². The Morgan fingerprint density at radius 2 is 2.21 bits per heavy atom. The number of benzene rings is 1. The topological polar surface area (TPSA) is 47.6 Å². The van der Waals surface area contributed by atoms with Gasteiger partial charge in [0.15, 0.2) is 0 Å². The van der Waals surface area contributed by atoms with Gasteiger partial charge >= 0.3 is 0 Å². The molecule has 0 aromatic heterocycles. The quantitative estimate of drug-likeness (QED) is 0.857. The van der Waals surface area contributed by atoms with Gasteiger partial charge in [0.1, 0.15) is 5.75 Å². The first kappa shape index (κ1) is 13.9. The predicted molar refractivity (Wildman–Crippen MR) is 73.5 cm³/mol. The van der Waals surface area contributed by atoms with E-state index in [1.807, 2.05) is 12.1 Å². The Morgan fingerprint density at radius 1 is 1.42 bits per heavy atom. The standard InChI is InChI=1S/C15H21NO3/c1-2-9-18-13-7-5-12(6-8-13)15(17)16-11-14-4-3-10-19-14/h5-8,14H,2-4,9-11H2,1H3,(H,16,17)/t14-/m1/s1. The summed E-state index contributed by atoms with van der Waals surface area (Å²) in [4.78, 5) is 11.9. The highest BCUT2D eigenvalue weighted by Gasteiger charge is 2.16. The van der Waals surface area contributed by atoms with Crippen molar-refractivity contribution in [1.29, 1.82) is 0 Å². The molecule has 0 saturated carbocycles. The van der Waals surface area contributed by atoms with Gasteiger partial charge in [-0.05, 0) is 43.5 Å². The summed E-state index contributed by atoms with van der Waals surface area (Å²) >= 11 is 0. The number of amides is 1.